The first-order valence-corrected chi connectivity index (χ1v) is 9.35. The van der Waals surface area contributed by atoms with E-state index in [1.54, 1.807) is 0 Å². The second kappa shape index (κ2) is 11.3. The molecule has 1 atom stereocenters. The molecule has 3 N–H and O–H groups in total. The van der Waals surface area contributed by atoms with Crippen LogP contribution in [0.1, 0.15) is 77.6 Å². The minimum absolute atomic E-state index is 0.0656. The predicted molar refractivity (Wildman–Crippen MR) is 79.9 cm³/mol. The van der Waals surface area contributed by atoms with Gasteiger partial charge in [0.1, 0.15) is 0 Å². The summed E-state index contributed by atoms with van der Waals surface area (Å²) in [4.78, 5) is 28.6. The topological polar surface area (TPSA) is 94.8 Å². The Balaban J connectivity index is 3.52. The largest absolute Gasteiger partial charge is 0.481 e. The van der Waals surface area contributed by atoms with Gasteiger partial charge in [-0.05, 0) is 6.42 Å². The number of hydrogen-bond acceptors (Lipinski definition) is 2. The Morgan fingerprint density at radius 2 is 1.30 bits per heavy atom. The maximum atomic E-state index is 11.0. The standard InChI is InChI=1S/C14H29O5P/c1-2-3-4-5-6-7-8-9-10-11-12-13(14(15)16)20(17,18)19/h13H,2-12H2,1H3,(H,15,16)(H2,17,18,19). The van der Waals surface area contributed by atoms with E-state index in [9.17, 15) is 9.36 Å². The van der Waals surface area contributed by atoms with Crippen LogP contribution in [0.2, 0.25) is 0 Å². The van der Waals surface area contributed by atoms with E-state index in [0.29, 0.717) is 6.42 Å². The molecule has 0 amide bonds. The Bertz CT molecular complexity index is 300. The number of aliphatic carboxylic acids is 1. The van der Waals surface area contributed by atoms with Crippen LogP contribution in [0, 0.1) is 0 Å². The van der Waals surface area contributed by atoms with Crippen molar-refractivity contribution in [3.63, 3.8) is 0 Å². The molecule has 5 nitrogen and oxygen atoms in total. The minimum atomic E-state index is -4.51. The Morgan fingerprint density at radius 1 is 0.900 bits per heavy atom. The molecule has 0 bridgehead atoms. The average molecular weight is 308 g/mol. The molecule has 0 aliphatic carbocycles. The lowest BCUT2D eigenvalue weighted by Crippen LogP contribution is -2.20. The smallest absolute Gasteiger partial charge is 0.339 e. The summed E-state index contributed by atoms with van der Waals surface area (Å²) >= 11 is 0. The number of hydrogen-bond donors (Lipinski definition) is 3. The van der Waals surface area contributed by atoms with Gasteiger partial charge in [-0.2, -0.15) is 0 Å². The second-order valence-corrected chi connectivity index (χ2v) is 7.22. The van der Waals surface area contributed by atoms with E-state index in [1.807, 2.05) is 0 Å². The van der Waals surface area contributed by atoms with Crippen molar-refractivity contribution in [1.29, 1.82) is 0 Å². The quantitative estimate of drug-likeness (QED) is 0.354. The second-order valence-electron chi connectivity index (χ2n) is 5.41. The van der Waals surface area contributed by atoms with E-state index in [4.69, 9.17) is 14.9 Å². The highest BCUT2D eigenvalue weighted by Gasteiger charge is 2.34. The van der Waals surface area contributed by atoms with Crippen LogP contribution in [0.5, 0.6) is 0 Å². The zero-order valence-corrected chi connectivity index (χ0v) is 13.4. The molecule has 0 saturated carbocycles. The van der Waals surface area contributed by atoms with Gasteiger partial charge in [0.25, 0.3) is 0 Å². The number of unbranched alkanes of at least 4 members (excludes halogenated alkanes) is 9. The fourth-order valence-corrected chi connectivity index (χ4v) is 3.07. The van der Waals surface area contributed by atoms with Crippen molar-refractivity contribution < 1.29 is 24.3 Å². The van der Waals surface area contributed by atoms with Crippen molar-refractivity contribution in [2.75, 3.05) is 0 Å². The summed E-state index contributed by atoms with van der Waals surface area (Å²) in [7, 11) is -4.51. The summed E-state index contributed by atoms with van der Waals surface area (Å²) in [6, 6.07) is 0. The molecule has 0 fully saturated rings. The highest BCUT2D eigenvalue weighted by Crippen LogP contribution is 2.43. The van der Waals surface area contributed by atoms with Gasteiger partial charge in [0.05, 0.1) is 0 Å². The van der Waals surface area contributed by atoms with Crippen molar-refractivity contribution >= 4 is 13.6 Å². The van der Waals surface area contributed by atoms with E-state index in [1.165, 1.54) is 38.5 Å². The first-order chi connectivity index (χ1) is 9.39. The first-order valence-electron chi connectivity index (χ1n) is 7.67. The van der Waals surface area contributed by atoms with Gasteiger partial charge in [-0.15, -0.1) is 0 Å². The number of carboxylic acids is 1. The molecule has 20 heavy (non-hydrogen) atoms. The third kappa shape index (κ3) is 10.4. The van der Waals surface area contributed by atoms with Crippen LogP contribution in [-0.2, 0) is 9.36 Å². The number of carbonyl (C=O) groups is 1. The van der Waals surface area contributed by atoms with E-state index in [-0.39, 0.29) is 6.42 Å². The van der Waals surface area contributed by atoms with Crippen LogP contribution < -0.4 is 0 Å². The Labute approximate surface area is 121 Å². The highest BCUT2D eigenvalue weighted by molar-refractivity contribution is 7.53. The first kappa shape index (κ1) is 19.6. The monoisotopic (exact) mass is 308 g/mol. The Morgan fingerprint density at radius 3 is 1.65 bits per heavy atom. The van der Waals surface area contributed by atoms with Crippen molar-refractivity contribution in [2.45, 2.75) is 83.2 Å². The van der Waals surface area contributed by atoms with Crippen LogP contribution in [0.3, 0.4) is 0 Å². The summed E-state index contributed by atoms with van der Waals surface area (Å²) in [6.07, 6.45) is 11.2. The van der Waals surface area contributed by atoms with Gasteiger partial charge in [0, 0.05) is 0 Å². The van der Waals surface area contributed by atoms with Crippen molar-refractivity contribution in [2.24, 2.45) is 0 Å². The molecule has 0 aromatic carbocycles. The zero-order valence-electron chi connectivity index (χ0n) is 12.5. The maximum Gasteiger partial charge on any atom is 0.339 e. The van der Waals surface area contributed by atoms with E-state index in [0.717, 1.165) is 19.3 Å². The highest BCUT2D eigenvalue weighted by atomic mass is 31.2. The molecule has 0 aliphatic rings. The summed E-state index contributed by atoms with van der Waals surface area (Å²) in [5.41, 5.74) is -1.53. The molecule has 0 saturated heterocycles. The van der Waals surface area contributed by atoms with Crippen LogP contribution >= 0.6 is 7.60 Å². The van der Waals surface area contributed by atoms with Gasteiger partial charge in [0.15, 0.2) is 5.66 Å². The van der Waals surface area contributed by atoms with Crippen LogP contribution in [0.15, 0.2) is 0 Å². The third-order valence-corrected chi connectivity index (χ3v) is 4.81. The summed E-state index contributed by atoms with van der Waals surface area (Å²) in [6.45, 7) is 2.20. The third-order valence-electron chi connectivity index (χ3n) is 3.52. The lowest BCUT2D eigenvalue weighted by atomic mass is 10.1. The van der Waals surface area contributed by atoms with E-state index in [2.05, 4.69) is 6.92 Å². The lowest BCUT2D eigenvalue weighted by Gasteiger charge is -2.13. The van der Waals surface area contributed by atoms with Crippen molar-refractivity contribution in [3.05, 3.63) is 0 Å². The molecule has 0 rings (SSSR count). The molecule has 6 heteroatoms. The van der Waals surface area contributed by atoms with Gasteiger partial charge >= 0.3 is 13.6 Å². The molecule has 120 valence electrons. The molecule has 0 spiro atoms. The zero-order chi connectivity index (χ0) is 15.4. The Hall–Kier alpha value is -0.380. The molecule has 0 aromatic rings. The lowest BCUT2D eigenvalue weighted by molar-refractivity contribution is -0.137. The molecule has 0 aliphatic heterocycles. The molecule has 0 radical (unpaired) electrons. The van der Waals surface area contributed by atoms with Gasteiger partial charge in [0.2, 0.25) is 0 Å². The molecule has 0 heterocycles. The fraction of sp³-hybridized carbons (Fsp3) is 0.929. The molecule has 0 aromatic heterocycles. The van der Waals surface area contributed by atoms with Crippen LogP contribution in [-0.4, -0.2) is 26.5 Å². The SMILES string of the molecule is CCCCCCCCCCCCC(C(=O)O)P(=O)(O)O. The van der Waals surface area contributed by atoms with Crippen molar-refractivity contribution in [3.8, 4) is 0 Å². The molecule has 1 unspecified atom stereocenters. The van der Waals surface area contributed by atoms with Crippen molar-refractivity contribution in [1.82, 2.24) is 0 Å². The van der Waals surface area contributed by atoms with Crippen LogP contribution in [0.25, 0.3) is 0 Å². The summed E-state index contributed by atoms with van der Waals surface area (Å²) < 4.78 is 11.0. The number of carboxylic acid groups (broad SMARTS) is 1. The Kier molecular flexibility index (Phi) is 11.1. The summed E-state index contributed by atoms with van der Waals surface area (Å²) in [5.74, 6) is -1.39. The summed E-state index contributed by atoms with van der Waals surface area (Å²) in [5, 5.41) is 8.76. The maximum absolute atomic E-state index is 11.0. The fourth-order valence-electron chi connectivity index (χ4n) is 2.26. The normalized spacial score (nSPS) is 13.3. The van der Waals surface area contributed by atoms with Gasteiger partial charge in [-0.25, -0.2) is 0 Å². The average Bonchev–Trinajstić information content (AvgIpc) is 2.34. The van der Waals surface area contributed by atoms with E-state index >= 15 is 0 Å². The van der Waals surface area contributed by atoms with Gasteiger partial charge in [-0.3, -0.25) is 9.36 Å². The minimum Gasteiger partial charge on any atom is -0.481 e. The predicted octanol–water partition coefficient (Wildman–Crippen LogP) is 3.93. The van der Waals surface area contributed by atoms with Gasteiger partial charge in [-0.1, -0.05) is 71.1 Å². The number of rotatable bonds is 13. The van der Waals surface area contributed by atoms with Crippen LogP contribution in [0.4, 0.5) is 0 Å². The van der Waals surface area contributed by atoms with Gasteiger partial charge < -0.3 is 14.9 Å². The van der Waals surface area contributed by atoms with E-state index < -0.39 is 19.2 Å². The molecular weight excluding hydrogens is 279 g/mol. The molecular formula is C14H29O5P.